The van der Waals surface area contributed by atoms with Crippen LogP contribution in [0.25, 0.3) is 0 Å². The Kier molecular flexibility index (Phi) is 12.8. The van der Waals surface area contributed by atoms with Crippen molar-refractivity contribution in [3.63, 3.8) is 0 Å². The average Bonchev–Trinajstić information content (AvgIpc) is 3.48. The van der Waals surface area contributed by atoms with E-state index in [0.717, 1.165) is 31.3 Å². The quantitative estimate of drug-likeness (QED) is 0.125. The maximum Gasteiger partial charge on any atom is 0.314 e. The van der Waals surface area contributed by atoms with Crippen LogP contribution in [0.3, 0.4) is 0 Å². The first-order valence-electron chi connectivity index (χ1n) is 21.1. The number of ether oxygens (including phenoxy) is 4. The number of aliphatic carboxylic acids is 1. The molecule has 328 valence electrons. The molecule has 0 aromatic carbocycles. The van der Waals surface area contributed by atoms with Crippen molar-refractivity contribution in [2.24, 2.45) is 39.4 Å². The van der Waals surface area contributed by atoms with Crippen molar-refractivity contribution in [3.8, 4) is 0 Å². The second-order valence-electron chi connectivity index (χ2n) is 20.0. The van der Waals surface area contributed by atoms with Crippen molar-refractivity contribution in [2.75, 3.05) is 13.2 Å². The molecule has 6 rings (SSSR count). The molecule has 2 aliphatic heterocycles. The lowest BCUT2D eigenvalue weighted by Crippen LogP contribution is -2.62. The molecule has 0 aromatic rings. The zero-order valence-electron chi connectivity index (χ0n) is 34.7. The van der Waals surface area contributed by atoms with Crippen LogP contribution in [0.4, 0.5) is 0 Å². The monoisotopic (exact) mass is 814 g/mol. The van der Waals surface area contributed by atoms with Crippen LogP contribution in [-0.4, -0.2) is 149 Å². The summed E-state index contributed by atoms with van der Waals surface area (Å²) < 4.78 is 23.8. The summed E-state index contributed by atoms with van der Waals surface area (Å²) in [5.41, 5.74) is -1.35. The molecule has 6 aliphatic rings. The molecule has 0 spiro atoms. The van der Waals surface area contributed by atoms with Gasteiger partial charge in [-0.1, -0.05) is 45.8 Å². The highest BCUT2D eigenvalue weighted by Gasteiger charge is 2.68. The second kappa shape index (κ2) is 16.2. The molecule has 0 bridgehead atoms. The Balaban J connectivity index is 1.20. The zero-order chi connectivity index (χ0) is 42.2. The third-order valence-electron chi connectivity index (χ3n) is 16.2. The van der Waals surface area contributed by atoms with Gasteiger partial charge in [-0.3, -0.25) is 4.79 Å². The minimum Gasteiger partial charge on any atom is -0.481 e. The number of hydrogen-bond acceptors (Lipinski definition) is 14. The van der Waals surface area contributed by atoms with Gasteiger partial charge < -0.3 is 70.0 Å². The molecule has 0 amide bonds. The molecule has 2 saturated heterocycles. The normalized spacial score (nSPS) is 47.1. The van der Waals surface area contributed by atoms with Crippen molar-refractivity contribution >= 4 is 5.97 Å². The largest absolute Gasteiger partial charge is 0.481 e. The standard InChI is InChI=1S/C42H70O15/c1-20(8-11-28(39(4,5)53)57-36-34(50)32(48)30(46)25(19-44)55-36)21-13-17-42(37(51)52)23-9-10-26-38(2,3)27(14-15-40(26,6)22(23)12-16-41(21,42)7)56-35-33(49)31(47)29(45)24(18-43)54-35/h20-21,24-36,43-50,53H,8-19H2,1-7H3,(H,51,52)/t20-,21-,24-,25+,26+,27-,28+,29-,30+,31+,32-,33-,34+,35+,36-,40-,41-,42+/m1/s1. The maximum absolute atomic E-state index is 13.8. The molecular weight excluding hydrogens is 744 g/mol. The van der Waals surface area contributed by atoms with Crippen LogP contribution in [0.5, 0.6) is 0 Å². The SMILES string of the molecule is C[C@H](CC[C@H](O[C@H]1O[C@@H](CO)[C@H](O)[C@@H](O)[C@@H]1O)C(C)(C)O)[C@H]1CC[C@@]2(C(=O)O)C3=C(CC[C@]12C)[C@@]1(C)CC[C@@H](O[C@@H]2O[C@H](CO)[C@@H](O)[C@H](O)[C@H]2O)C(C)(C)[C@@H]1CC3. The summed E-state index contributed by atoms with van der Waals surface area (Å²) in [6.45, 7) is 12.9. The van der Waals surface area contributed by atoms with Crippen LogP contribution in [0.2, 0.25) is 0 Å². The molecule has 0 aromatic heterocycles. The topological polar surface area (TPSA) is 256 Å². The Bertz CT molecular complexity index is 1480. The Morgan fingerprint density at radius 1 is 0.772 bits per heavy atom. The van der Waals surface area contributed by atoms with Gasteiger partial charge in [-0.15, -0.1) is 0 Å². The van der Waals surface area contributed by atoms with Gasteiger partial charge in [0.25, 0.3) is 0 Å². The fourth-order valence-corrected chi connectivity index (χ4v) is 12.9. The number of fused-ring (bicyclic) bond motifs is 4. The lowest BCUT2D eigenvalue weighted by atomic mass is 9.43. The lowest BCUT2D eigenvalue weighted by Gasteiger charge is -2.62. The van der Waals surface area contributed by atoms with E-state index in [1.54, 1.807) is 13.8 Å². The van der Waals surface area contributed by atoms with Crippen LogP contribution in [0, 0.1) is 39.4 Å². The lowest BCUT2D eigenvalue weighted by molar-refractivity contribution is -0.325. The highest BCUT2D eigenvalue weighted by Crippen LogP contribution is 2.73. The first-order valence-corrected chi connectivity index (χ1v) is 21.1. The van der Waals surface area contributed by atoms with E-state index >= 15 is 0 Å². The minimum atomic E-state index is -1.61. The molecule has 10 N–H and O–H groups in total. The Morgan fingerprint density at radius 3 is 1.91 bits per heavy atom. The molecule has 0 unspecified atom stereocenters. The summed E-state index contributed by atoms with van der Waals surface area (Å²) in [4.78, 5) is 13.8. The number of carboxylic acids is 1. The van der Waals surface area contributed by atoms with Crippen LogP contribution in [-0.2, 0) is 23.7 Å². The van der Waals surface area contributed by atoms with Gasteiger partial charge in [-0.05, 0) is 112 Å². The summed E-state index contributed by atoms with van der Waals surface area (Å²) >= 11 is 0. The Labute approximate surface area is 336 Å². The molecule has 18 atom stereocenters. The second-order valence-corrected chi connectivity index (χ2v) is 20.0. The number of carbonyl (C=O) groups is 1. The van der Waals surface area contributed by atoms with Gasteiger partial charge in [0.2, 0.25) is 0 Å². The highest BCUT2D eigenvalue weighted by molar-refractivity contribution is 5.82. The number of aliphatic hydroxyl groups is 9. The summed E-state index contributed by atoms with van der Waals surface area (Å²) in [7, 11) is 0. The summed E-state index contributed by atoms with van der Waals surface area (Å²) in [6.07, 6.45) is -8.90. The van der Waals surface area contributed by atoms with E-state index in [2.05, 4.69) is 34.6 Å². The van der Waals surface area contributed by atoms with Gasteiger partial charge in [0.05, 0.1) is 36.4 Å². The van der Waals surface area contributed by atoms with Gasteiger partial charge in [-0.2, -0.15) is 0 Å². The molecule has 4 fully saturated rings. The first kappa shape index (κ1) is 45.2. The third kappa shape index (κ3) is 7.35. The number of rotatable bonds is 12. The number of aliphatic hydroxyl groups excluding tert-OH is 8. The number of hydrogen-bond donors (Lipinski definition) is 10. The molecule has 15 heteroatoms. The van der Waals surface area contributed by atoms with Crippen LogP contribution < -0.4 is 0 Å². The van der Waals surface area contributed by atoms with Crippen LogP contribution in [0.15, 0.2) is 11.1 Å². The molecule has 2 saturated carbocycles. The van der Waals surface area contributed by atoms with E-state index in [4.69, 9.17) is 18.9 Å². The van der Waals surface area contributed by atoms with E-state index < -0.39 is 109 Å². The van der Waals surface area contributed by atoms with E-state index in [1.165, 1.54) is 5.57 Å². The molecule has 2 heterocycles. The summed E-state index contributed by atoms with van der Waals surface area (Å²) in [5.74, 6) is -0.557. The van der Waals surface area contributed by atoms with Crippen molar-refractivity contribution in [1.29, 1.82) is 0 Å². The number of carboxylic acid groups (broad SMARTS) is 1. The molecular formula is C42H70O15. The van der Waals surface area contributed by atoms with E-state index in [0.29, 0.717) is 38.5 Å². The highest BCUT2D eigenvalue weighted by atomic mass is 16.7. The third-order valence-corrected chi connectivity index (χ3v) is 16.2. The fraction of sp³-hybridized carbons (Fsp3) is 0.929. The van der Waals surface area contributed by atoms with Crippen molar-refractivity contribution in [2.45, 2.75) is 192 Å². The van der Waals surface area contributed by atoms with Gasteiger partial charge in [0.1, 0.15) is 48.8 Å². The van der Waals surface area contributed by atoms with Crippen molar-refractivity contribution in [3.05, 3.63) is 11.1 Å². The molecule has 15 nitrogen and oxygen atoms in total. The van der Waals surface area contributed by atoms with E-state index in [1.807, 2.05) is 0 Å². The Morgan fingerprint density at radius 2 is 1.35 bits per heavy atom. The van der Waals surface area contributed by atoms with Gasteiger partial charge in [-0.25, -0.2) is 0 Å². The smallest absolute Gasteiger partial charge is 0.314 e. The summed E-state index contributed by atoms with van der Waals surface area (Å²) in [5, 5.41) is 105. The fourth-order valence-electron chi connectivity index (χ4n) is 12.9. The van der Waals surface area contributed by atoms with Crippen LogP contribution >= 0.6 is 0 Å². The molecule has 57 heavy (non-hydrogen) atoms. The average molecular weight is 815 g/mol. The van der Waals surface area contributed by atoms with Gasteiger partial charge in [0, 0.05) is 0 Å². The minimum absolute atomic E-state index is 0.0440. The predicted octanol–water partition coefficient (Wildman–Crippen LogP) is 1.36. The number of allylic oxidation sites excluding steroid dienone is 1. The summed E-state index contributed by atoms with van der Waals surface area (Å²) in [6, 6.07) is 0. The molecule has 0 radical (unpaired) electrons. The first-order chi connectivity index (χ1) is 26.5. The van der Waals surface area contributed by atoms with Crippen molar-refractivity contribution in [1.82, 2.24) is 0 Å². The van der Waals surface area contributed by atoms with E-state index in [-0.39, 0.29) is 29.3 Å². The van der Waals surface area contributed by atoms with Gasteiger partial charge in [0.15, 0.2) is 12.6 Å². The zero-order valence-corrected chi connectivity index (χ0v) is 34.7. The van der Waals surface area contributed by atoms with Crippen LogP contribution in [0.1, 0.15) is 113 Å². The Hall–Kier alpha value is -1.31. The van der Waals surface area contributed by atoms with Crippen molar-refractivity contribution < 1.29 is 74.8 Å². The van der Waals surface area contributed by atoms with Gasteiger partial charge >= 0.3 is 5.97 Å². The maximum atomic E-state index is 13.8. The molecule has 4 aliphatic carbocycles. The predicted molar refractivity (Wildman–Crippen MR) is 203 cm³/mol. The van der Waals surface area contributed by atoms with E-state index in [9.17, 15) is 55.9 Å².